The monoisotopic (exact) mass is 740 g/mol. The summed E-state index contributed by atoms with van der Waals surface area (Å²) < 4.78 is 0. The molecule has 0 bridgehead atoms. The predicted molar refractivity (Wildman–Crippen MR) is 246 cm³/mol. The molecule has 2 heteroatoms. The molecule has 58 heavy (non-hydrogen) atoms. The molecule has 0 radical (unpaired) electrons. The summed E-state index contributed by atoms with van der Waals surface area (Å²) in [6, 6.07) is 75.7. The molecular formula is C56H40N2. The van der Waals surface area contributed by atoms with Gasteiger partial charge < -0.3 is 9.80 Å². The maximum atomic E-state index is 2.55. The first-order valence-corrected chi connectivity index (χ1v) is 20.2. The summed E-state index contributed by atoms with van der Waals surface area (Å²) in [6.07, 6.45) is 9.11. The Balaban J connectivity index is 1.14. The number of rotatable bonds is 7. The smallest absolute Gasteiger partial charge is 0.0629 e. The Bertz CT molecular complexity index is 3020. The largest absolute Gasteiger partial charge is 0.333 e. The zero-order valence-electron chi connectivity index (χ0n) is 32.0. The third-order valence-corrected chi connectivity index (χ3v) is 11.9. The Kier molecular flexibility index (Phi) is 8.33. The average molecular weight is 741 g/mol. The molecule has 0 N–H and O–H groups in total. The summed E-state index contributed by atoms with van der Waals surface area (Å²) >= 11 is 0. The highest BCUT2D eigenvalue weighted by Crippen LogP contribution is 2.50. The molecule has 1 heterocycles. The van der Waals surface area contributed by atoms with Gasteiger partial charge in [-0.2, -0.15) is 0 Å². The van der Waals surface area contributed by atoms with Crippen LogP contribution >= 0.6 is 0 Å². The van der Waals surface area contributed by atoms with E-state index in [1.807, 2.05) is 0 Å². The molecule has 274 valence electrons. The van der Waals surface area contributed by atoms with Crippen molar-refractivity contribution in [3.8, 4) is 33.4 Å². The van der Waals surface area contributed by atoms with Gasteiger partial charge in [0, 0.05) is 34.1 Å². The van der Waals surface area contributed by atoms with E-state index in [1.54, 1.807) is 0 Å². The van der Waals surface area contributed by atoms with Crippen molar-refractivity contribution in [3.63, 3.8) is 0 Å². The van der Waals surface area contributed by atoms with Gasteiger partial charge in [0.2, 0.25) is 0 Å². The fraction of sp³-hybridized carbons (Fsp3) is 0.0357. The second-order valence-electron chi connectivity index (χ2n) is 15.3. The van der Waals surface area contributed by atoms with Crippen LogP contribution in [0.1, 0.15) is 11.5 Å². The van der Waals surface area contributed by atoms with Crippen LogP contribution in [0.15, 0.2) is 231 Å². The highest BCUT2D eigenvalue weighted by Gasteiger charge is 2.37. The van der Waals surface area contributed by atoms with Gasteiger partial charge in [-0.25, -0.2) is 0 Å². The number of benzene rings is 9. The van der Waals surface area contributed by atoms with Crippen LogP contribution in [0.25, 0.3) is 54.9 Å². The van der Waals surface area contributed by atoms with Gasteiger partial charge in [-0.05, 0) is 104 Å². The Morgan fingerprint density at radius 3 is 1.84 bits per heavy atom. The van der Waals surface area contributed by atoms with Crippen molar-refractivity contribution < 1.29 is 0 Å². The van der Waals surface area contributed by atoms with Crippen molar-refractivity contribution in [3.05, 3.63) is 236 Å². The minimum absolute atomic E-state index is 0.182. The van der Waals surface area contributed by atoms with Crippen LogP contribution in [0, 0.1) is 0 Å². The van der Waals surface area contributed by atoms with Crippen molar-refractivity contribution >= 4 is 50.0 Å². The molecule has 0 saturated heterocycles. The first-order chi connectivity index (χ1) is 28.8. The summed E-state index contributed by atoms with van der Waals surface area (Å²) in [6.45, 7) is 0. The number of allylic oxidation sites excluding steroid dienone is 2. The van der Waals surface area contributed by atoms with E-state index >= 15 is 0 Å². The Morgan fingerprint density at radius 1 is 0.397 bits per heavy atom. The van der Waals surface area contributed by atoms with Crippen molar-refractivity contribution in [2.75, 3.05) is 9.80 Å². The third kappa shape index (κ3) is 5.90. The van der Waals surface area contributed by atoms with E-state index < -0.39 is 0 Å². The van der Waals surface area contributed by atoms with Gasteiger partial charge >= 0.3 is 0 Å². The molecule has 9 aromatic rings. The molecule has 1 aliphatic carbocycles. The molecule has 0 fully saturated rings. The number of hydrogen-bond acceptors (Lipinski definition) is 2. The van der Waals surface area contributed by atoms with Crippen molar-refractivity contribution in [2.45, 2.75) is 12.0 Å². The van der Waals surface area contributed by atoms with E-state index in [0.29, 0.717) is 5.92 Å². The molecule has 1 aliphatic heterocycles. The van der Waals surface area contributed by atoms with E-state index in [0.717, 1.165) is 17.1 Å². The van der Waals surface area contributed by atoms with Crippen LogP contribution in [0.5, 0.6) is 0 Å². The Labute approximate surface area is 339 Å². The molecule has 0 amide bonds. The van der Waals surface area contributed by atoms with Crippen molar-refractivity contribution in [1.82, 2.24) is 0 Å². The lowest BCUT2D eigenvalue weighted by atomic mass is 9.91. The first kappa shape index (κ1) is 33.9. The lowest BCUT2D eigenvalue weighted by molar-refractivity contribution is 0.745. The summed E-state index contributed by atoms with van der Waals surface area (Å²) in [7, 11) is 0. The normalized spacial score (nSPS) is 15.4. The fourth-order valence-electron chi connectivity index (χ4n) is 9.20. The molecule has 2 unspecified atom stereocenters. The maximum Gasteiger partial charge on any atom is 0.0629 e. The number of fused-ring (bicyclic) bond motifs is 5. The zero-order chi connectivity index (χ0) is 38.4. The van der Waals surface area contributed by atoms with Crippen molar-refractivity contribution in [1.29, 1.82) is 0 Å². The average Bonchev–Trinajstić information content (AvgIpc) is 3.64. The number of anilines is 5. The molecule has 11 rings (SSSR count). The van der Waals surface area contributed by atoms with Crippen LogP contribution in [0.2, 0.25) is 0 Å². The Hall–Kier alpha value is -7.42. The van der Waals surface area contributed by atoms with E-state index in [2.05, 4.69) is 240 Å². The Morgan fingerprint density at radius 2 is 1.03 bits per heavy atom. The van der Waals surface area contributed by atoms with Gasteiger partial charge in [0.1, 0.15) is 0 Å². The fourth-order valence-corrected chi connectivity index (χ4v) is 9.20. The van der Waals surface area contributed by atoms with E-state index in [4.69, 9.17) is 0 Å². The van der Waals surface area contributed by atoms with Crippen LogP contribution in [0.3, 0.4) is 0 Å². The highest BCUT2D eigenvalue weighted by molar-refractivity contribution is 6.07. The highest BCUT2D eigenvalue weighted by atomic mass is 15.2. The summed E-state index contributed by atoms with van der Waals surface area (Å²) in [5.41, 5.74) is 14.3. The summed E-state index contributed by atoms with van der Waals surface area (Å²) in [5.74, 6) is 0.290. The van der Waals surface area contributed by atoms with Crippen molar-refractivity contribution in [2.24, 2.45) is 0 Å². The van der Waals surface area contributed by atoms with Gasteiger partial charge in [-0.3, -0.25) is 0 Å². The van der Waals surface area contributed by atoms with Gasteiger partial charge in [0.15, 0.2) is 0 Å². The van der Waals surface area contributed by atoms with Gasteiger partial charge in [0.25, 0.3) is 0 Å². The topological polar surface area (TPSA) is 6.48 Å². The van der Waals surface area contributed by atoms with Crippen LogP contribution in [0.4, 0.5) is 28.4 Å². The second kappa shape index (κ2) is 14.3. The molecule has 0 aromatic heterocycles. The maximum absolute atomic E-state index is 2.55. The zero-order valence-corrected chi connectivity index (χ0v) is 32.0. The van der Waals surface area contributed by atoms with Gasteiger partial charge in [-0.1, -0.05) is 182 Å². The van der Waals surface area contributed by atoms with E-state index in [9.17, 15) is 0 Å². The molecule has 2 aliphatic rings. The van der Waals surface area contributed by atoms with Gasteiger partial charge in [0.05, 0.1) is 11.7 Å². The molecule has 0 saturated carbocycles. The lowest BCUT2D eigenvalue weighted by Gasteiger charge is -2.32. The standard InChI is InChI=1S/C56H40N2/c1-3-15-39(16-4-1)42-29-31-46(32-30-42)57(56-34-33-49(50-21-9-10-22-51(50)56)44-28-27-41-19-7-8-20-43(41)35-44)47-36-45(40-17-5-2-6-18-40)37-48(38-47)58-54-25-13-11-23-52(54)53-24-12-14-26-55(53)58/h1-38,52,54H. The molecule has 2 nitrogen and oxygen atoms in total. The molecule has 0 spiro atoms. The SMILES string of the molecule is C1=CC2c3ccccc3N(c3cc(-c4ccccc4)cc(N(c4ccc(-c5ccccc5)cc4)c4ccc(-c5ccc6ccccc6c5)c5ccccc45)c3)C2C=C1. The molecular weight excluding hydrogens is 701 g/mol. The molecule has 2 atom stereocenters. The number of hydrogen-bond donors (Lipinski definition) is 0. The van der Waals surface area contributed by atoms with Gasteiger partial charge in [-0.15, -0.1) is 0 Å². The summed E-state index contributed by atoms with van der Waals surface area (Å²) in [4.78, 5) is 5.01. The van der Waals surface area contributed by atoms with Crippen LogP contribution in [-0.4, -0.2) is 6.04 Å². The number of nitrogens with zero attached hydrogens (tertiary/aromatic N) is 2. The first-order valence-electron chi connectivity index (χ1n) is 20.2. The molecule has 9 aromatic carbocycles. The minimum Gasteiger partial charge on any atom is -0.333 e. The predicted octanol–water partition coefficient (Wildman–Crippen LogP) is 15.2. The summed E-state index contributed by atoms with van der Waals surface area (Å²) in [5, 5.41) is 4.90. The lowest BCUT2D eigenvalue weighted by Crippen LogP contribution is -2.28. The second-order valence-corrected chi connectivity index (χ2v) is 15.3. The van der Waals surface area contributed by atoms with Crippen LogP contribution < -0.4 is 9.80 Å². The third-order valence-electron chi connectivity index (χ3n) is 11.9. The quantitative estimate of drug-likeness (QED) is 0.161. The minimum atomic E-state index is 0.182. The van der Waals surface area contributed by atoms with Crippen LogP contribution in [-0.2, 0) is 0 Å². The van der Waals surface area contributed by atoms with E-state index in [1.165, 1.54) is 71.9 Å². The number of para-hydroxylation sites is 1. The van der Waals surface area contributed by atoms with E-state index in [-0.39, 0.29) is 6.04 Å².